The van der Waals surface area contributed by atoms with Crippen molar-refractivity contribution < 1.29 is 4.79 Å². The van der Waals surface area contributed by atoms with E-state index in [9.17, 15) is 4.79 Å². The summed E-state index contributed by atoms with van der Waals surface area (Å²) in [5, 5.41) is 6.74. The number of amides is 1. The highest BCUT2D eigenvalue weighted by Crippen LogP contribution is 2.56. The number of nitrogens with one attached hydrogen (secondary N) is 2. The Bertz CT molecular complexity index is 334. The van der Waals surface area contributed by atoms with Crippen molar-refractivity contribution in [1.29, 1.82) is 0 Å². The molecule has 0 spiro atoms. The first-order valence-corrected chi connectivity index (χ1v) is 8.30. The Kier molecular flexibility index (Phi) is 3.06. The monoisotopic (exact) mass is 262 g/mol. The van der Waals surface area contributed by atoms with Crippen LogP contribution in [-0.2, 0) is 4.79 Å². The average molecular weight is 262 g/mol. The maximum Gasteiger partial charge on any atom is 0.223 e. The fourth-order valence-electron chi connectivity index (χ4n) is 5.63. The summed E-state index contributed by atoms with van der Waals surface area (Å²) in [6.45, 7) is 2.09. The highest BCUT2D eigenvalue weighted by atomic mass is 16.2. The molecule has 0 aromatic rings. The minimum atomic E-state index is 0.356. The Hall–Kier alpha value is -0.570. The number of carbonyl (C=O) groups excluding carboxylic acids is 1. The third-order valence-electron chi connectivity index (χ3n) is 6.17. The Labute approximate surface area is 115 Å². The predicted molar refractivity (Wildman–Crippen MR) is 74.6 cm³/mol. The molecular formula is C16H26N2O. The van der Waals surface area contributed by atoms with E-state index in [1.54, 1.807) is 0 Å². The molecule has 0 aromatic carbocycles. The molecule has 5 fully saturated rings. The predicted octanol–water partition coefficient (Wildman–Crippen LogP) is 1.93. The fourth-order valence-corrected chi connectivity index (χ4v) is 5.63. The van der Waals surface area contributed by atoms with Crippen LogP contribution in [0.25, 0.3) is 0 Å². The van der Waals surface area contributed by atoms with Crippen molar-refractivity contribution in [1.82, 2.24) is 10.6 Å². The highest BCUT2D eigenvalue weighted by Gasteiger charge is 2.50. The van der Waals surface area contributed by atoms with Crippen molar-refractivity contribution >= 4 is 5.91 Å². The van der Waals surface area contributed by atoms with Crippen LogP contribution in [0.2, 0.25) is 0 Å². The van der Waals surface area contributed by atoms with Gasteiger partial charge in [-0.2, -0.15) is 0 Å². The van der Waals surface area contributed by atoms with Crippen LogP contribution in [0.4, 0.5) is 0 Å². The van der Waals surface area contributed by atoms with Crippen LogP contribution in [0.1, 0.15) is 44.9 Å². The van der Waals surface area contributed by atoms with Crippen LogP contribution >= 0.6 is 0 Å². The molecule has 1 heterocycles. The van der Waals surface area contributed by atoms with Crippen molar-refractivity contribution in [2.75, 3.05) is 13.1 Å². The zero-order valence-electron chi connectivity index (χ0n) is 11.7. The molecule has 0 radical (unpaired) electrons. The van der Waals surface area contributed by atoms with E-state index >= 15 is 0 Å². The van der Waals surface area contributed by atoms with Crippen molar-refractivity contribution in [2.24, 2.45) is 29.6 Å². The molecule has 19 heavy (non-hydrogen) atoms. The Balaban J connectivity index is 1.42. The van der Waals surface area contributed by atoms with Gasteiger partial charge in [-0.15, -0.1) is 0 Å². The topological polar surface area (TPSA) is 41.1 Å². The van der Waals surface area contributed by atoms with Crippen LogP contribution in [0.5, 0.6) is 0 Å². The van der Waals surface area contributed by atoms with Gasteiger partial charge in [-0.3, -0.25) is 4.79 Å². The first kappa shape index (κ1) is 12.2. The van der Waals surface area contributed by atoms with Crippen molar-refractivity contribution in [2.45, 2.75) is 51.0 Å². The molecule has 2 N–H and O–H groups in total. The summed E-state index contributed by atoms with van der Waals surface area (Å²) < 4.78 is 0. The van der Waals surface area contributed by atoms with E-state index in [1.165, 1.54) is 38.5 Å². The van der Waals surface area contributed by atoms with E-state index in [1.807, 2.05) is 0 Å². The van der Waals surface area contributed by atoms with Gasteiger partial charge in [0, 0.05) is 18.5 Å². The van der Waals surface area contributed by atoms with Gasteiger partial charge < -0.3 is 10.6 Å². The molecule has 1 amide bonds. The molecule has 106 valence electrons. The van der Waals surface area contributed by atoms with E-state index in [4.69, 9.17) is 0 Å². The van der Waals surface area contributed by atoms with Crippen molar-refractivity contribution in [3.05, 3.63) is 0 Å². The second-order valence-corrected chi connectivity index (χ2v) is 7.51. The van der Waals surface area contributed by atoms with Gasteiger partial charge in [0.05, 0.1) is 0 Å². The largest absolute Gasteiger partial charge is 0.352 e. The lowest BCUT2D eigenvalue weighted by molar-refractivity contribution is -0.139. The quantitative estimate of drug-likeness (QED) is 0.798. The second kappa shape index (κ2) is 4.76. The van der Waals surface area contributed by atoms with Gasteiger partial charge in [-0.1, -0.05) is 0 Å². The normalized spacial score (nSPS) is 48.2. The number of rotatable bonds is 2. The third kappa shape index (κ3) is 2.20. The SMILES string of the molecule is O=C(NC1CCCNC1)C1C2CC3CC(C2)CC1C3. The Morgan fingerprint density at radius 1 is 1.00 bits per heavy atom. The van der Waals surface area contributed by atoms with Crippen LogP contribution in [0, 0.1) is 29.6 Å². The Morgan fingerprint density at radius 3 is 2.26 bits per heavy atom. The standard InChI is InChI=1S/C16H26N2O/c19-16(18-14-2-1-3-17-9-14)15-12-5-10-4-11(7-12)8-13(15)6-10/h10-15,17H,1-9H2,(H,18,19). The van der Waals surface area contributed by atoms with E-state index in [-0.39, 0.29) is 0 Å². The van der Waals surface area contributed by atoms with Gasteiger partial charge >= 0.3 is 0 Å². The van der Waals surface area contributed by atoms with E-state index in [2.05, 4.69) is 10.6 Å². The summed E-state index contributed by atoms with van der Waals surface area (Å²) >= 11 is 0. The molecule has 3 nitrogen and oxygen atoms in total. The highest BCUT2D eigenvalue weighted by molar-refractivity contribution is 5.80. The van der Waals surface area contributed by atoms with Gasteiger partial charge in [0.2, 0.25) is 5.91 Å². The molecule has 4 bridgehead atoms. The zero-order valence-corrected chi connectivity index (χ0v) is 11.7. The molecule has 5 rings (SSSR count). The van der Waals surface area contributed by atoms with Gasteiger partial charge in [0.25, 0.3) is 0 Å². The third-order valence-corrected chi connectivity index (χ3v) is 6.17. The molecule has 4 saturated carbocycles. The van der Waals surface area contributed by atoms with E-state index < -0.39 is 0 Å². The minimum absolute atomic E-state index is 0.356. The molecule has 1 unspecified atom stereocenters. The number of hydrogen-bond acceptors (Lipinski definition) is 2. The van der Waals surface area contributed by atoms with E-state index in [0.29, 0.717) is 29.7 Å². The molecule has 5 aliphatic rings. The maximum atomic E-state index is 12.7. The molecular weight excluding hydrogens is 236 g/mol. The lowest BCUT2D eigenvalue weighted by atomic mass is 9.51. The molecule has 1 atom stereocenters. The zero-order chi connectivity index (χ0) is 12.8. The summed E-state index contributed by atoms with van der Waals surface area (Å²) in [6.07, 6.45) is 9.19. The first-order chi connectivity index (χ1) is 9.29. The smallest absolute Gasteiger partial charge is 0.223 e. The lowest BCUT2D eigenvalue weighted by Gasteiger charge is -2.53. The van der Waals surface area contributed by atoms with Crippen molar-refractivity contribution in [3.63, 3.8) is 0 Å². The first-order valence-electron chi connectivity index (χ1n) is 8.30. The second-order valence-electron chi connectivity index (χ2n) is 7.51. The van der Waals surface area contributed by atoms with Gasteiger partial charge in [0.15, 0.2) is 0 Å². The van der Waals surface area contributed by atoms with Crippen LogP contribution in [-0.4, -0.2) is 25.0 Å². The van der Waals surface area contributed by atoms with E-state index in [0.717, 1.165) is 31.3 Å². The number of carbonyl (C=O) groups is 1. The summed E-state index contributed by atoms with van der Waals surface area (Å²) in [5.41, 5.74) is 0. The van der Waals surface area contributed by atoms with Crippen LogP contribution in [0.15, 0.2) is 0 Å². The molecule has 3 heteroatoms. The van der Waals surface area contributed by atoms with Crippen molar-refractivity contribution in [3.8, 4) is 0 Å². The minimum Gasteiger partial charge on any atom is -0.352 e. The van der Waals surface area contributed by atoms with Crippen LogP contribution < -0.4 is 10.6 Å². The summed E-state index contributed by atoms with van der Waals surface area (Å²) in [4.78, 5) is 12.7. The van der Waals surface area contributed by atoms with Gasteiger partial charge in [-0.05, 0) is 75.2 Å². The van der Waals surface area contributed by atoms with Gasteiger partial charge in [0.1, 0.15) is 0 Å². The average Bonchev–Trinajstić information content (AvgIpc) is 2.38. The van der Waals surface area contributed by atoms with Gasteiger partial charge in [-0.25, -0.2) is 0 Å². The number of hydrogen-bond donors (Lipinski definition) is 2. The lowest BCUT2D eigenvalue weighted by Crippen LogP contribution is -2.54. The summed E-state index contributed by atoms with van der Waals surface area (Å²) in [6, 6.07) is 0.387. The Morgan fingerprint density at radius 2 is 1.68 bits per heavy atom. The summed E-state index contributed by atoms with van der Waals surface area (Å²) in [7, 11) is 0. The maximum absolute atomic E-state index is 12.7. The fraction of sp³-hybridized carbons (Fsp3) is 0.938. The number of piperidine rings is 1. The van der Waals surface area contributed by atoms with Crippen LogP contribution in [0.3, 0.4) is 0 Å². The molecule has 4 aliphatic carbocycles. The summed E-state index contributed by atoms with van der Waals surface area (Å²) in [5.74, 6) is 4.10. The molecule has 1 aliphatic heterocycles. The molecule has 1 saturated heterocycles. The molecule has 0 aromatic heterocycles.